The number of carbonyl (C=O) groups is 1. The lowest BCUT2D eigenvalue weighted by molar-refractivity contribution is 0.0520. The highest BCUT2D eigenvalue weighted by atomic mass is 16.5. The standard InChI is InChI=1S/C17H20N2O4/c1-5-23-16(22)12-14(20)13(18-19-15(12)21)10-6-8-11(9-7-10)17(2,3)4/h6-9H,5H2,1-4H3,(H2,19,20,21). The van der Waals surface area contributed by atoms with Gasteiger partial charge in [0.2, 0.25) is 0 Å². The van der Waals surface area contributed by atoms with Gasteiger partial charge >= 0.3 is 5.97 Å². The van der Waals surface area contributed by atoms with Gasteiger partial charge in [-0.3, -0.25) is 4.79 Å². The molecule has 1 aromatic heterocycles. The van der Waals surface area contributed by atoms with Crippen molar-refractivity contribution in [3.63, 3.8) is 0 Å². The largest absolute Gasteiger partial charge is 0.505 e. The molecule has 2 N–H and O–H groups in total. The van der Waals surface area contributed by atoms with E-state index < -0.39 is 22.8 Å². The Morgan fingerprint density at radius 2 is 1.87 bits per heavy atom. The quantitative estimate of drug-likeness (QED) is 0.849. The molecule has 0 radical (unpaired) electrons. The number of benzene rings is 1. The van der Waals surface area contributed by atoms with Gasteiger partial charge in [0.05, 0.1) is 6.61 Å². The van der Waals surface area contributed by atoms with Crippen LogP contribution in [0.15, 0.2) is 29.1 Å². The predicted molar refractivity (Wildman–Crippen MR) is 86.6 cm³/mol. The molecule has 0 aliphatic rings. The van der Waals surface area contributed by atoms with E-state index in [2.05, 4.69) is 31.0 Å². The lowest BCUT2D eigenvalue weighted by Gasteiger charge is -2.19. The molecule has 0 spiro atoms. The first-order valence-corrected chi connectivity index (χ1v) is 7.35. The molecule has 0 aliphatic heterocycles. The van der Waals surface area contributed by atoms with Crippen molar-refractivity contribution in [2.75, 3.05) is 6.61 Å². The second-order valence-corrected chi connectivity index (χ2v) is 6.17. The number of hydrogen-bond acceptors (Lipinski definition) is 5. The van der Waals surface area contributed by atoms with Gasteiger partial charge in [-0.05, 0) is 17.9 Å². The third kappa shape index (κ3) is 3.41. The summed E-state index contributed by atoms with van der Waals surface area (Å²) in [5, 5.41) is 16.3. The Kier molecular flexibility index (Phi) is 4.54. The number of hydrogen-bond donors (Lipinski definition) is 2. The van der Waals surface area contributed by atoms with Crippen LogP contribution in [0.4, 0.5) is 0 Å². The summed E-state index contributed by atoms with van der Waals surface area (Å²) in [6, 6.07) is 7.42. The highest BCUT2D eigenvalue weighted by Crippen LogP contribution is 2.30. The van der Waals surface area contributed by atoms with E-state index in [0.29, 0.717) is 5.56 Å². The molecule has 0 atom stereocenters. The van der Waals surface area contributed by atoms with Gasteiger partial charge in [-0.25, -0.2) is 9.89 Å². The maximum Gasteiger partial charge on any atom is 0.347 e. The third-order valence-electron chi connectivity index (χ3n) is 3.46. The van der Waals surface area contributed by atoms with E-state index in [0.717, 1.165) is 5.56 Å². The van der Waals surface area contributed by atoms with Crippen LogP contribution in [0.25, 0.3) is 11.3 Å². The minimum atomic E-state index is -0.874. The van der Waals surface area contributed by atoms with Crippen LogP contribution in [-0.4, -0.2) is 27.9 Å². The molecule has 6 heteroatoms. The number of H-pyrrole nitrogens is 1. The number of aromatic hydroxyl groups is 1. The fourth-order valence-corrected chi connectivity index (χ4v) is 2.16. The molecular weight excluding hydrogens is 296 g/mol. The van der Waals surface area contributed by atoms with Crippen LogP contribution in [0, 0.1) is 0 Å². The predicted octanol–water partition coefficient (Wildman–Crippen LogP) is 2.62. The number of ether oxygens (including phenoxy) is 1. The minimum absolute atomic E-state index is 0.00486. The second kappa shape index (κ2) is 6.24. The Morgan fingerprint density at radius 3 is 2.39 bits per heavy atom. The van der Waals surface area contributed by atoms with Gasteiger partial charge < -0.3 is 9.84 Å². The van der Waals surface area contributed by atoms with Crippen molar-refractivity contribution in [1.29, 1.82) is 0 Å². The molecule has 6 nitrogen and oxygen atoms in total. The van der Waals surface area contributed by atoms with E-state index in [-0.39, 0.29) is 17.7 Å². The summed E-state index contributed by atoms with van der Waals surface area (Å²) in [6.45, 7) is 8.01. The van der Waals surface area contributed by atoms with Crippen molar-refractivity contribution >= 4 is 5.97 Å². The zero-order valence-electron chi connectivity index (χ0n) is 13.6. The number of rotatable bonds is 3. The smallest absolute Gasteiger partial charge is 0.347 e. The van der Waals surface area contributed by atoms with Gasteiger partial charge in [0, 0.05) is 5.56 Å². The lowest BCUT2D eigenvalue weighted by atomic mass is 9.86. The highest BCUT2D eigenvalue weighted by molar-refractivity contribution is 5.94. The zero-order chi connectivity index (χ0) is 17.2. The molecule has 0 bridgehead atoms. The summed E-state index contributed by atoms with van der Waals surface area (Å²) in [5.74, 6) is -1.35. The number of aromatic nitrogens is 2. The molecule has 2 aromatic rings. The van der Waals surface area contributed by atoms with Gasteiger partial charge in [-0.15, -0.1) is 0 Å². The van der Waals surface area contributed by atoms with Crippen LogP contribution in [-0.2, 0) is 10.2 Å². The van der Waals surface area contributed by atoms with Crippen molar-refractivity contribution in [2.24, 2.45) is 0 Å². The van der Waals surface area contributed by atoms with Gasteiger partial charge in [-0.1, -0.05) is 45.0 Å². The molecule has 1 heterocycles. The number of esters is 1. The molecule has 0 saturated heterocycles. The monoisotopic (exact) mass is 316 g/mol. The van der Waals surface area contributed by atoms with Crippen molar-refractivity contribution in [3.8, 4) is 17.0 Å². The van der Waals surface area contributed by atoms with Crippen LogP contribution in [0.2, 0.25) is 0 Å². The van der Waals surface area contributed by atoms with E-state index in [1.807, 2.05) is 12.1 Å². The van der Waals surface area contributed by atoms with E-state index in [4.69, 9.17) is 4.74 Å². The zero-order valence-corrected chi connectivity index (χ0v) is 13.6. The van der Waals surface area contributed by atoms with Crippen LogP contribution < -0.4 is 5.56 Å². The van der Waals surface area contributed by atoms with Crippen LogP contribution in [0.1, 0.15) is 43.6 Å². The maximum atomic E-state index is 11.8. The first-order chi connectivity index (χ1) is 10.8. The molecule has 0 unspecified atom stereocenters. The first-order valence-electron chi connectivity index (χ1n) is 7.35. The second-order valence-electron chi connectivity index (χ2n) is 6.17. The molecule has 0 fully saturated rings. The topological polar surface area (TPSA) is 92.3 Å². The molecule has 1 aromatic carbocycles. The van der Waals surface area contributed by atoms with Crippen molar-refractivity contribution in [2.45, 2.75) is 33.1 Å². The number of nitrogens with one attached hydrogen (secondary N) is 1. The molecule has 0 aliphatic carbocycles. The van der Waals surface area contributed by atoms with Crippen molar-refractivity contribution in [1.82, 2.24) is 10.2 Å². The van der Waals surface area contributed by atoms with Crippen LogP contribution in [0.5, 0.6) is 5.75 Å². The Labute approximate surface area is 134 Å². The third-order valence-corrected chi connectivity index (χ3v) is 3.46. The first kappa shape index (κ1) is 16.7. The normalized spacial score (nSPS) is 11.3. The Hall–Kier alpha value is -2.63. The lowest BCUT2D eigenvalue weighted by Crippen LogP contribution is -2.21. The number of nitrogens with zero attached hydrogens (tertiary/aromatic N) is 1. The van der Waals surface area contributed by atoms with E-state index >= 15 is 0 Å². The summed E-state index contributed by atoms with van der Waals surface area (Å²) in [7, 11) is 0. The SMILES string of the molecule is CCOC(=O)c1c(O)c(-c2ccc(C(C)(C)C)cc2)n[nH]c1=O. The minimum Gasteiger partial charge on any atom is -0.505 e. The van der Waals surface area contributed by atoms with Gasteiger partial charge in [0.15, 0.2) is 11.3 Å². The highest BCUT2D eigenvalue weighted by Gasteiger charge is 2.22. The molecule has 0 saturated carbocycles. The average Bonchev–Trinajstić information content (AvgIpc) is 2.47. The number of carbonyl (C=O) groups excluding carboxylic acids is 1. The van der Waals surface area contributed by atoms with Crippen LogP contribution >= 0.6 is 0 Å². The van der Waals surface area contributed by atoms with E-state index in [1.54, 1.807) is 19.1 Å². The summed E-state index contributed by atoms with van der Waals surface area (Å²) < 4.78 is 4.80. The van der Waals surface area contributed by atoms with Crippen molar-refractivity contribution < 1.29 is 14.6 Å². The Balaban J connectivity index is 2.51. The molecule has 0 amide bonds. The summed E-state index contributed by atoms with van der Waals surface area (Å²) in [4.78, 5) is 23.6. The number of aromatic amines is 1. The fourth-order valence-electron chi connectivity index (χ4n) is 2.16. The van der Waals surface area contributed by atoms with Gasteiger partial charge in [-0.2, -0.15) is 5.10 Å². The molecule has 2 rings (SSSR count). The van der Waals surface area contributed by atoms with Gasteiger partial charge in [0.25, 0.3) is 5.56 Å². The molecule has 23 heavy (non-hydrogen) atoms. The fraction of sp³-hybridized carbons (Fsp3) is 0.353. The van der Waals surface area contributed by atoms with E-state index in [9.17, 15) is 14.7 Å². The van der Waals surface area contributed by atoms with Gasteiger partial charge in [0.1, 0.15) is 5.69 Å². The summed E-state index contributed by atoms with van der Waals surface area (Å²) >= 11 is 0. The average molecular weight is 316 g/mol. The Morgan fingerprint density at radius 1 is 1.26 bits per heavy atom. The Bertz CT molecular complexity index is 771. The van der Waals surface area contributed by atoms with E-state index in [1.165, 1.54) is 0 Å². The maximum absolute atomic E-state index is 11.8. The summed E-state index contributed by atoms with van der Waals surface area (Å²) in [5.41, 5.74) is 0.628. The summed E-state index contributed by atoms with van der Waals surface area (Å²) in [6.07, 6.45) is 0. The molecular formula is C17H20N2O4. The van der Waals surface area contributed by atoms with Crippen LogP contribution in [0.3, 0.4) is 0 Å². The molecule has 122 valence electrons. The van der Waals surface area contributed by atoms with Crippen molar-refractivity contribution in [3.05, 3.63) is 45.7 Å².